The Morgan fingerprint density at radius 2 is 2.03 bits per heavy atom. The van der Waals surface area contributed by atoms with Gasteiger partial charge in [-0.3, -0.25) is 14.8 Å². The number of benzene rings is 2. The smallest absolute Gasteiger partial charge is 0.306 e. The highest BCUT2D eigenvalue weighted by atomic mass is 16.5. The number of aromatic nitrogens is 3. The number of carbonyl (C=O) groups excluding carboxylic acids is 1. The van der Waals surface area contributed by atoms with Crippen LogP contribution >= 0.6 is 0 Å². The van der Waals surface area contributed by atoms with Gasteiger partial charge in [0.25, 0.3) is 0 Å². The van der Waals surface area contributed by atoms with Crippen LogP contribution in [0.5, 0.6) is 5.75 Å². The first kappa shape index (κ1) is 20.2. The van der Waals surface area contributed by atoms with Gasteiger partial charge in [-0.25, -0.2) is 0 Å². The van der Waals surface area contributed by atoms with Gasteiger partial charge in [0.05, 0.1) is 24.9 Å². The molecule has 0 saturated carbocycles. The molecular formula is C26H25N3O3. The maximum Gasteiger partial charge on any atom is 0.306 e. The van der Waals surface area contributed by atoms with E-state index in [9.17, 15) is 4.79 Å². The number of carbonyl (C=O) groups is 1. The number of hydrogen-bond acceptors (Lipinski definition) is 5. The van der Waals surface area contributed by atoms with Crippen LogP contribution in [0.2, 0.25) is 0 Å². The van der Waals surface area contributed by atoms with E-state index in [4.69, 9.17) is 9.47 Å². The van der Waals surface area contributed by atoms with Crippen LogP contribution in [0.1, 0.15) is 42.5 Å². The fraction of sp³-hybridized carbons (Fsp3) is 0.269. The lowest BCUT2D eigenvalue weighted by Crippen LogP contribution is -2.08. The van der Waals surface area contributed by atoms with Crippen molar-refractivity contribution < 1.29 is 14.3 Å². The number of nitrogens with one attached hydrogen (secondary N) is 1. The first-order valence-corrected chi connectivity index (χ1v) is 11.0. The van der Waals surface area contributed by atoms with Crippen molar-refractivity contribution in [3.05, 3.63) is 77.9 Å². The van der Waals surface area contributed by atoms with Gasteiger partial charge in [0, 0.05) is 40.5 Å². The zero-order chi connectivity index (χ0) is 21.9. The summed E-state index contributed by atoms with van der Waals surface area (Å²) in [5.74, 6) is 0.915. The van der Waals surface area contributed by atoms with Crippen LogP contribution in [0.3, 0.4) is 0 Å². The number of H-pyrrole nitrogens is 1. The zero-order valence-electron chi connectivity index (χ0n) is 18.0. The third kappa shape index (κ3) is 4.08. The fourth-order valence-electron chi connectivity index (χ4n) is 4.43. The standard InChI is InChI=1S/C26H25N3O3/c1-2-31-25(30)13-19-7-9-21-22-14-20(8-10-23(22)29-26(19)21)32-16-17-3-5-18(6-4-17)24-15-27-11-12-28-24/h3-6,8,10-12,14-15,19,29H,2,7,9,13,16H2,1H3. The molecule has 1 aliphatic carbocycles. The molecule has 2 heterocycles. The van der Waals surface area contributed by atoms with E-state index in [-0.39, 0.29) is 11.9 Å². The maximum atomic E-state index is 11.9. The Hall–Kier alpha value is -3.67. The van der Waals surface area contributed by atoms with E-state index >= 15 is 0 Å². The summed E-state index contributed by atoms with van der Waals surface area (Å²) >= 11 is 0. The third-order valence-corrected chi connectivity index (χ3v) is 6.00. The molecule has 0 spiro atoms. The molecule has 0 aliphatic heterocycles. The second-order valence-corrected chi connectivity index (χ2v) is 8.05. The molecule has 2 aromatic carbocycles. The van der Waals surface area contributed by atoms with Crippen LogP contribution in [0.25, 0.3) is 22.2 Å². The number of hydrogen-bond donors (Lipinski definition) is 1. The van der Waals surface area contributed by atoms with Gasteiger partial charge >= 0.3 is 5.97 Å². The Kier molecular flexibility index (Phi) is 5.58. The molecule has 1 aliphatic rings. The van der Waals surface area contributed by atoms with Crippen molar-refractivity contribution >= 4 is 16.9 Å². The molecule has 0 fully saturated rings. The summed E-state index contributed by atoms with van der Waals surface area (Å²) in [5, 5.41) is 1.18. The van der Waals surface area contributed by atoms with Gasteiger partial charge in [-0.05, 0) is 49.1 Å². The van der Waals surface area contributed by atoms with E-state index in [2.05, 4.69) is 39.2 Å². The van der Waals surface area contributed by atoms with Gasteiger partial charge in [0.1, 0.15) is 12.4 Å². The fourth-order valence-corrected chi connectivity index (χ4v) is 4.43. The summed E-state index contributed by atoms with van der Waals surface area (Å²) in [6, 6.07) is 14.3. The molecule has 6 nitrogen and oxygen atoms in total. The molecule has 0 bridgehead atoms. The summed E-state index contributed by atoms with van der Waals surface area (Å²) < 4.78 is 11.2. The SMILES string of the molecule is CCOC(=O)CC1CCc2c1[nH]c1ccc(OCc3ccc(-c4cnccn4)cc3)cc21. The summed E-state index contributed by atoms with van der Waals surface area (Å²) in [7, 11) is 0. The molecule has 2 aromatic heterocycles. The molecule has 0 amide bonds. The van der Waals surface area contributed by atoms with Crippen molar-refractivity contribution in [2.24, 2.45) is 0 Å². The number of fused-ring (bicyclic) bond motifs is 3. The number of aryl methyl sites for hydroxylation is 1. The first-order chi connectivity index (χ1) is 15.7. The topological polar surface area (TPSA) is 77.1 Å². The third-order valence-electron chi connectivity index (χ3n) is 6.00. The van der Waals surface area contributed by atoms with E-state index in [0.717, 1.165) is 40.9 Å². The van der Waals surface area contributed by atoms with E-state index in [1.165, 1.54) is 16.6 Å². The monoisotopic (exact) mass is 427 g/mol. The summed E-state index contributed by atoms with van der Waals surface area (Å²) in [4.78, 5) is 23.9. The molecule has 162 valence electrons. The number of esters is 1. The molecule has 1 atom stereocenters. The van der Waals surface area contributed by atoms with Crippen molar-refractivity contribution in [3.63, 3.8) is 0 Å². The summed E-state index contributed by atoms with van der Waals surface area (Å²) in [5.41, 5.74) is 6.53. The number of ether oxygens (including phenoxy) is 2. The van der Waals surface area contributed by atoms with Gasteiger partial charge in [-0.2, -0.15) is 0 Å². The lowest BCUT2D eigenvalue weighted by atomic mass is 10.0. The maximum absolute atomic E-state index is 11.9. The molecule has 6 heteroatoms. The van der Waals surface area contributed by atoms with Gasteiger partial charge in [0.15, 0.2) is 0 Å². The second-order valence-electron chi connectivity index (χ2n) is 8.05. The highest BCUT2D eigenvalue weighted by Gasteiger charge is 2.29. The van der Waals surface area contributed by atoms with Crippen LogP contribution in [0, 0.1) is 0 Å². The van der Waals surface area contributed by atoms with Crippen LogP contribution in [-0.4, -0.2) is 27.5 Å². The summed E-state index contributed by atoms with van der Waals surface area (Å²) in [6.45, 7) is 2.76. The average molecular weight is 428 g/mol. The van der Waals surface area contributed by atoms with Crippen molar-refractivity contribution in [2.45, 2.75) is 38.7 Å². The highest BCUT2D eigenvalue weighted by Crippen LogP contribution is 2.40. The molecule has 32 heavy (non-hydrogen) atoms. The number of aromatic amines is 1. The van der Waals surface area contributed by atoms with Crippen LogP contribution < -0.4 is 4.74 Å². The number of rotatable bonds is 7. The molecule has 0 radical (unpaired) electrons. The molecule has 4 aromatic rings. The quantitative estimate of drug-likeness (QED) is 0.411. The Balaban J connectivity index is 1.28. The summed E-state index contributed by atoms with van der Waals surface area (Å²) in [6.07, 6.45) is 7.49. The van der Waals surface area contributed by atoms with Crippen molar-refractivity contribution in [3.8, 4) is 17.0 Å². The van der Waals surface area contributed by atoms with Crippen LogP contribution in [0.15, 0.2) is 61.1 Å². The minimum atomic E-state index is -0.127. The van der Waals surface area contributed by atoms with Crippen molar-refractivity contribution in [1.82, 2.24) is 15.0 Å². The van der Waals surface area contributed by atoms with Gasteiger partial charge in [-0.1, -0.05) is 24.3 Å². The van der Waals surface area contributed by atoms with E-state index in [1.807, 2.05) is 25.1 Å². The van der Waals surface area contributed by atoms with Gasteiger partial charge in [0.2, 0.25) is 0 Å². The van der Waals surface area contributed by atoms with E-state index in [1.54, 1.807) is 18.6 Å². The zero-order valence-corrected chi connectivity index (χ0v) is 18.0. The molecule has 1 N–H and O–H groups in total. The Labute approximate surface area is 186 Å². The largest absolute Gasteiger partial charge is 0.489 e. The molecule has 5 rings (SSSR count). The Morgan fingerprint density at radius 3 is 2.81 bits per heavy atom. The van der Waals surface area contributed by atoms with Crippen LogP contribution in [0.4, 0.5) is 0 Å². The minimum absolute atomic E-state index is 0.127. The van der Waals surface area contributed by atoms with E-state index in [0.29, 0.717) is 19.6 Å². The van der Waals surface area contributed by atoms with E-state index < -0.39 is 0 Å². The van der Waals surface area contributed by atoms with Crippen molar-refractivity contribution in [2.75, 3.05) is 6.61 Å². The molecule has 1 unspecified atom stereocenters. The highest BCUT2D eigenvalue weighted by molar-refractivity contribution is 5.87. The number of nitrogens with zero attached hydrogens (tertiary/aromatic N) is 2. The normalized spacial score (nSPS) is 15.0. The predicted octanol–water partition coefficient (Wildman–Crippen LogP) is 5.19. The van der Waals surface area contributed by atoms with Gasteiger partial charge in [-0.15, -0.1) is 0 Å². The predicted molar refractivity (Wildman–Crippen MR) is 122 cm³/mol. The lowest BCUT2D eigenvalue weighted by molar-refractivity contribution is -0.143. The Morgan fingerprint density at radius 1 is 1.16 bits per heavy atom. The first-order valence-electron chi connectivity index (χ1n) is 11.0. The molecular weight excluding hydrogens is 402 g/mol. The Bertz CT molecular complexity index is 1230. The van der Waals surface area contributed by atoms with Gasteiger partial charge < -0.3 is 14.5 Å². The average Bonchev–Trinajstić information content (AvgIpc) is 3.38. The lowest BCUT2D eigenvalue weighted by Gasteiger charge is -2.09. The molecule has 0 saturated heterocycles. The second kappa shape index (κ2) is 8.83. The van der Waals surface area contributed by atoms with Crippen LogP contribution in [-0.2, 0) is 22.6 Å². The van der Waals surface area contributed by atoms with Crippen molar-refractivity contribution in [1.29, 1.82) is 0 Å². The minimum Gasteiger partial charge on any atom is -0.489 e.